The number of rotatable bonds is 20. The van der Waals surface area contributed by atoms with E-state index >= 15 is 0 Å². The van der Waals surface area contributed by atoms with Crippen molar-refractivity contribution >= 4 is 29.1 Å². The number of fused-ring (bicyclic) bond motifs is 2. The van der Waals surface area contributed by atoms with Crippen LogP contribution in [0.3, 0.4) is 0 Å². The number of tetrazole rings is 1. The third-order valence-corrected chi connectivity index (χ3v) is 10.0. The van der Waals surface area contributed by atoms with Gasteiger partial charge in [-0.2, -0.15) is 10.2 Å². The number of para-hydroxylation sites is 1. The summed E-state index contributed by atoms with van der Waals surface area (Å²) < 4.78 is 41.4. The van der Waals surface area contributed by atoms with Crippen LogP contribution in [0.15, 0.2) is 66.7 Å². The van der Waals surface area contributed by atoms with E-state index in [4.69, 9.17) is 54.0 Å². The Hall–Kier alpha value is -6.19. The molecule has 5 aromatic rings. The highest BCUT2D eigenvalue weighted by Gasteiger charge is 2.51. The lowest BCUT2D eigenvalue weighted by Crippen LogP contribution is -2.39. The summed E-state index contributed by atoms with van der Waals surface area (Å²) in [5.41, 5.74) is 4.60. The molecule has 2 aliphatic rings. The van der Waals surface area contributed by atoms with Crippen molar-refractivity contribution in [3.05, 3.63) is 77.9 Å². The Labute approximate surface area is 363 Å². The molecule has 2 fully saturated rings. The first-order valence-corrected chi connectivity index (χ1v) is 20.0. The van der Waals surface area contributed by atoms with Crippen molar-refractivity contribution in [2.24, 2.45) is 0 Å². The number of H-pyrrole nitrogens is 1. The second kappa shape index (κ2) is 20.5. The van der Waals surface area contributed by atoms with Gasteiger partial charge in [0.2, 0.25) is 5.82 Å². The largest absolute Gasteiger partial charge is 0.512 e. The van der Waals surface area contributed by atoms with Gasteiger partial charge in [-0.05, 0) is 53.8 Å². The lowest BCUT2D eigenvalue weighted by molar-refractivity contribution is -0.527. The van der Waals surface area contributed by atoms with Crippen LogP contribution < -0.4 is 4.74 Å². The molecule has 5 N–H and O–H groups in total. The molecule has 0 saturated carbocycles. The van der Waals surface area contributed by atoms with Crippen molar-refractivity contribution in [1.82, 2.24) is 41.0 Å². The molecule has 0 spiro atoms. The normalized spacial score (nSPS) is 18.9. The summed E-state index contributed by atoms with van der Waals surface area (Å²) in [5, 5.41) is 48.6. The molecule has 64 heavy (non-hydrogen) atoms. The summed E-state index contributed by atoms with van der Waals surface area (Å²) in [6, 6.07) is 20.9. The summed E-state index contributed by atoms with van der Waals surface area (Å²) >= 11 is 0. The van der Waals surface area contributed by atoms with E-state index in [2.05, 4.69) is 35.3 Å². The van der Waals surface area contributed by atoms with Gasteiger partial charge in [0.25, 0.3) is 11.8 Å². The predicted octanol–water partition coefficient (Wildman–Crippen LogP) is 4.02. The number of nitrogens with zero attached hydrogens (tertiary/aromatic N) is 7. The van der Waals surface area contributed by atoms with Crippen molar-refractivity contribution in [3.8, 4) is 28.5 Å². The number of hydrogen-bond donors (Lipinski definition) is 5. The Morgan fingerprint density at radius 1 is 0.906 bits per heavy atom. The van der Waals surface area contributed by atoms with Crippen molar-refractivity contribution in [1.29, 1.82) is 0 Å². The monoisotopic (exact) mass is 894 g/mol. The molecule has 24 nitrogen and oxygen atoms in total. The minimum atomic E-state index is -1.82. The first-order valence-electron chi connectivity index (χ1n) is 20.0. The molecule has 0 bridgehead atoms. The highest BCUT2D eigenvalue weighted by atomic mass is 17.1. The van der Waals surface area contributed by atoms with Crippen LogP contribution in [0.1, 0.15) is 56.0 Å². The van der Waals surface area contributed by atoms with Crippen LogP contribution in [0.2, 0.25) is 0 Å². The van der Waals surface area contributed by atoms with E-state index < -0.39 is 71.8 Å². The minimum absolute atomic E-state index is 0.0287. The maximum absolute atomic E-state index is 13.9. The number of nitrogens with one attached hydrogen (secondary N) is 1. The summed E-state index contributed by atoms with van der Waals surface area (Å²) in [6.07, 6.45) is -5.56. The SMILES string of the molecule is CCOc1nc2cccc(C(=O)OC(C)(C)OC(=O)O[C@@H]3CO[C@H]4[C@@H]3OC[C@H]4OC(=O)CCC[C@H](CON(O)O)ON(O)O)c2n1Cc1ccc(-c2ccccc2-c2nn[nH]n2)cc1. The number of benzene rings is 3. The Kier molecular flexibility index (Phi) is 14.7. The number of imidazole rings is 1. The summed E-state index contributed by atoms with van der Waals surface area (Å²) in [7, 11) is 0. The quantitative estimate of drug-likeness (QED) is 0.0319. The second-order valence-corrected chi connectivity index (χ2v) is 14.9. The molecule has 2 aliphatic heterocycles. The topological polar surface area (TPSA) is 294 Å². The van der Waals surface area contributed by atoms with Gasteiger partial charge in [-0.1, -0.05) is 54.6 Å². The van der Waals surface area contributed by atoms with Crippen LogP contribution in [0.4, 0.5) is 4.79 Å². The molecular weight excluding hydrogens is 848 g/mol. The standard InChI is InChI=1S/C40H46N8O16/c1-4-56-38-41-29-13-8-12-28(33(29)46(38)19-23-15-17-24(18-16-23)26-10-5-6-11-27(26)36-42-44-45-43-36)37(50)62-40(2,3)63-39(51)61-31-22-58-34-30(21-57-35(31)34)60-32(49)14-7-9-25(64-48(54)55)20-59-47(52)53/h5-6,8,10-13,15-18,25,30-31,34-35,52-55H,4,7,9,14,19-22H2,1-3H3,(H,42,43,44,45)/t25-,30-,31-,34-,35-/m1/s1. The number of carbonyl (C=O) groups is 3. The molecule has 0 unspecified atom stereocenters. The van der Waals surface area contributed by atoms with E-state index in [0.717, 1.165) is 22.3 Å². The number of aromatic amines is 1. The molecular formula is C40H46N8O16. The fourth-order valence-corrected chi connectivity index (χ4v) is 7.32. The van der Waals surface area contributed by atoms with Crippen molar-refractivity contribution in [2.45, 2.75) is 82.9 Å². The highest BCUT2D eigenvalue weighted by Crippen LogP contribution is 2.34. The van der Waals surface area contributed by atoms with Gasteiger partial charge in [0.05, 0.1) is 53.7 Å². The number of aromatic nitrogens is 6. The van der Waals surface area contributed by atoms with E-state index in [1.807, 2.05) is 55.5 Å². The number of carbonyl (C=O) groups excluding carboxylic acids is 3. The van der Waals surface area contributed by atoms with E-state index in [1.165, 1.54) is 13.8 Å². The van der Waals surface area contributed by atoms with Gasteiger partial charge in [0, 0.05) is 25.8 Å². The zero-order valence-corrected chi connectivity index (χ0v) is 34.7. The third kappa shape index (κ3) is 11.3. The Morgan fingerprint density at radius 2 is 1.62 bits per heavy atom. The zero-order chi connectivity index (χ0) is 45.4. The van der Waals surface area contributed by atoms with E-state index in [9.17, 15) is 14.4 Å². The molecule has 0 amide bonds. The molecule has 3 aromatic carbocycles. The minimum Gasteiger partial charge on any atom is -0.465 e. The van der Waals surface area contributed by atoms with Crippen molar-refractivity contribution in [2.75, 3.05) is 26.4 Å². The average molecular weight is 895 g/mol. The molecule has 342 valence electrons. The molecule has 0 radical (unpaired) electrons. The second-order valence-electron chi connectivity index (χ2n) is 14.9. The van der Waals surface area contributed by atoms with E-state index in [-0.39, 0.29) is 50.6 Å². The first kappa shape index (κ1) is 45.8. The van der Waals surface area contributed by atoms with Gasteiger partial charge in [-0.3, -0.25) is 30.2 Å². The van der Waals surface area contributed by atoms with Gasteiger partial charge < -0.3 is 33.2 Å². The van der Waals surface area contributed by atoms with Crippen LogP contribution in [-0.2, 0) is 49.4 Å². The summed E-state index contributed by atoms with van der Waals surface area (Å²) in [4.78, 5) is 53.3. The Bertz CT molecular complexity index is 2360. The molecule has 2 saturated heterocycles. The van der Waals surface area contributed by atoms with E-state index in [0.29, 0.717) is 23.5 Å². The molecule has 4 heterocycles. The lowest BCUT2D eigenvalue weighted by Gasteiger charge is -2.26. The number of esters is 2. The fraction of sp³-hybridized carbons (Fsp3) is 0.425. The summed E-state index contributed by atoms with van der Waals surface area (Å²) in [6.45, 7) is 4.53. The van der Waals surface area contributed by atoms with Gasteiger partial charge in [0.15, 0.2) is 12.2 Å². The van der Waals surface area contributed by atoms with Crippen LogP contribution >= 0.6 is 0 Å². The Morgan fingerprint density at radius 3 is 2.30 bits per heavy atom. The van der Waals surface area contributed by atoms with Gasteiger partial charge in [-0.25, -0.2) is 19.3 Å². The Balaban J connectivity index is 0.948. The third-order valence-electron chi connectivity index (χ3n) is 10.0. The molecule has 24 heteroatoms. The van der Waals surface area contributed by atoms with Crippen LogP contribution in [-0.4, -0.2) is 143 Å². The molecule has 0 aliphatic carbocycles. The zero-order valence-electron chi connectivity index (χ0n) is 34.7. The highest BCUT2D eigenvalue weighted by molar-refractivity contribution is 6.02. The summed E-state index contributed by atoms with van der Waals surface area (Å²) in [5.74, 6) is -2.79. The predicted molar refractivity (Wildman–Crippen MR) is 211 cm³/mol. The molecule has 2 aromatic heterocycles. The first-order chi connectivity index (χ1) is 30.8. The van der Waals surface area contributed by atoms with Crippen molar-refractivity contribution in [3.63, 3.8) is 0 Å². The lowest BCUT2D eigenvalue weighted by atomic mass is 9.98. The smallest absolute Gasteiger partial charge is 0.465 e. The number of ether oxygens (including phenoxy) is 7. The van der Waals surface area contributed by atoms with Crippen LogP contribution in [0, 0.1) is 0 Å². The van der Waals surface area contributed by atoms with Crippen molar-refractivity contribution < 1.29 is 78.0 Å². The maximum Gasteiger partial charge on any atom is 0.512 e. The molecule has 5 atom stereocenters. The van der Waals surface area contributed by atoms with Gasteiger partial charge in [-0.15, -0.1) is 10.2 Å². The van der Waals surface area contributed by atoms with E-state index in [1.54, 1.807) is 22.8 Å². The average Bonchev–Trinajstić information content (AvgIpc) is 4.07. The number of hydrogen-bond acceptors (Lipinski definition) is 22. The van der Waals surface area contributed by atoms with Crippen LogP contribution in [0.5, 0.6) is 6.01 Å². The fourth-order valence-electron chi connectivity index (χ4n) is 7.32. The maximum atomic E-state index is 13.9. The van der Waals surface area contributed by atoms with Gasteiger partial charge in [0.1, 0.15) is 24.9 Å². The molecule has 7 rings (SSSR count). The van der Waals surface area contributed by atoms with Crippen LogP contribution in [0.25, 0.3) is 33.5 Å². The van der Waals surface area contributed by atoms with Gasteiger partial charge >= 0.3 is 18.1 Å².